The quantitative estimate of drug-likeness (QED) is 0.928. The van der Waals surface area contributed by atoms with Gasteiger partial charge >= 0.3 is 0 Å². The van der Waals surface area contributed by atoms with E-state index in [9.17, 15) is 0 Å². The Hall–Kier alpha value is -2.10. The second-order valence-electron chi connectivity index (χ2n) is 6.67. The number of nitrogens with one attached hydrogen (secondary N) is 1. The first-order valence-electron chi connectivity index (χ1n) is 8.51. The summed E-state index contributed by atoms with van der Waals surface area (Å²) in [4.78, 5) is 11.7. The smallest absolute Gasteiger partial charge is 0.227 e. The molecule has 1 fully saturated rings. The molecule has 0 saturated carbocycles. The Morgan fingerprint density at radius 2 is 2.04 bits per heavy atom. The number of aryl methyl sites for hydroxylation is 2. The van der Waals surface area contributed by atoms with Crippen molar-refractivity contribution in [2.45, 2.75) is 40.2 Å². The zero-order valence-corrected chi connectivity index (χ0v) is 14.3. The van der Waals surface area contributed by atoms with Gasteiger partial charge in [-0.2, -0.15) is 4.98 Å². The maximum atomic E-state index is 4.74. The third-order valence-corrected chi connectivity index (χ3v) is 4.50. The van der Waals surface area contributed by atoms with Gasteiger partial charge in [0, 0.05) is 31.4 Å². The normalized spacial score (nSPS) is 18.0. The number of rotatable bonds is 4. The van der Waals surface area contributed by atoms with Crippen molar-refractivity contribution in [3.8, 4) is 0 Å². The summed E-state index contributed by atoms with van der Waals surface area (Å²) in [7, 11) is 0. The first kappa shape index (κ1) is 15.8. The Kier molecular flexibility index (Phi) is 4.79. The Labute approximate surface area is 139 Å². The molecule has 1 N–H and O–H groups in total. The van der Waals surface area contributed by atoms with Crippen LogP contribution in [0.2, 0.25) is 0 Å². The molecule has 3 rings (SSSR count). The molecule has 0 spiro atoms. The summed E-state index contributed by atoms with van der Waals surface area (Å²) < 4.78 is 0. The highest BCUT2D eigenvalue weighted by molar-refractivity contribution is 5.45. The first-order chi connectivity index (χ1) is 11.1. The molecule has 1 unspecified atom stereocenters. The Morgan fingerprint density at radius 1 is 1.22 bits per heavy atom. The summed E-state index contributed by atoms with van der Waals surface area (Å²) in [6, 6.07) is 10.5. The lowest BCUT2D eigenvalue weighted by Gasteiger charge is -2.31. The number of hydrogen-bond donors (Lipinski definition) is 1. The second kappa shape index (κ2) is 6.99. The maximum Gasteiger partial charge on any atom is 0.227 e. The van der Waals surface area contributed by atoms with Crippen molar-refractivity contribution < 1.29 is 0 Å². The highest BCUT2D eigenvalue weighted by Crippen LogP contribution is 2.22. The molecule has 1 aromatic heterocycles. The van der Waals surface area contributed by atoms with Gasteiger partial charge in [-0.3, -0.25) is 0 Å². The Bertz CT molecular complexity index is 668. The Morgan fingerprint density at radius 3 is 2.83 bits per heavy atom. The molecule has 1 saturated heterocycles. The van der Waals surface area contributed by atoms with Gasteiger partial charge < -0.3 is 10.2 Å². The van der Waals surface area contributed by atoms with E-state index in [1.807, 2.05) is 13.0 Å². The first-order valence-corrected chi connectivity index (χ1v) is 8.51. The van der Waals surface area contributed by atoms with Crippen molar-refractivity contribution in [2.75, 3.05) is 23.3 Å². The SMILES string of the molecule is Cc1cc(NCc2ccccc2C)nc(N2CCCC(C)C2)n1. The van der Waals surface area contributed by atoms with E-state index in [4.69, 9.17) is 4.98 Å². The van der Waals surface area contributed by atoms with Crippen LogP contribution in [0.15, 0.2) is 30.3 Å². The van der Waals surface area contributed by atoms with Crippen molar-refractivity contribution >= 4 is 11.8 Å². The number of piperidine rings is 1. The summed E-state index contributed by atoms with van der Waals surface area (Å²) in [6.07, 6.45) is 2.53. The molecule has 4 nitrogen and oxygen atoms in total. The van der Waals surface area contributed by atoms with Crippen molar-refractivity contribution in [3.05, 3.63) is 47.2 Å². The van der Waals surface area contributed by atoms with E-state index in [2.05, 4.69) is 53.3 Å². The third-order valence-electron chi connectivity index (χ3n) is 4.50. The van der Waals surface area contributed by atoms with Gasteiger partial charge in [-0.25, -0.2) is 4.98 Å². The monoisotopic (exact) mass is 310 g/mol. The fourth-order valence-electron chi connectivity index (χ4n) is 3.15. The molecule has 0 amide bonds. The zero-order chi connectivity index (χ0) is 16.2. The van der Waals surface area contributed by atoms with Crippen molar-refractivity contribution in [3.63, 3.8) is 0 Å². The third kappa shape index (κ3) is 4.01. The minimum atomic E-state index is 0.719. The molecule has 2 aromatic rings. The molecule has 1 atom stereocenters. The van der Waals surface area contributed by atoms with E-state index in [1.54, 1.807) is 0 Å². The number of nitrogens with zero attached hydrogens (tertiary/aromatic N) is 3. The lowest BCUT2D eigenvalue weighted by atomic mass is 10.0. The summed E-state index contributed by atoms with van der Waals surface area (Å²) >= 11 is 0. The molecule has 1 aliphatic rings. The van der Waals surface area contributed by atoms with Crippen LogP contribution in [0.3, 0.4) is 0 Å². The van der Waals surface area contributed by atoms with Crippen LogP contribution < -0.4 is 10.2 Å². The molecule has 0 radical (unpaired) electrons. The minimum absolute atomic E-state index is 0.719. The van der Waals surface area contributed by atoms with E-state index in [0.717, 1.165) is 43.0 Å². The highest BCUT2D eigenvalue weighted by Gasteiger charge is 2.19. The van der Waals surface area contributed by atoms with Crippen LogP contribution in [0.5, 0.6) is 0 Å². The van der Waals surface area contributed by atoms with E-state index in [-0.39, 0.29) is 0 Å². The topological polar surface area (TPSA) is 41.1 Å². The predicted octanol–water partition coefficient (Wildman–Crippen LogP) is 3.94. The summed E-state index contributed by atoms with van der Waals surface area (Å²) in [5, 5.41) is 3.46. The molecule has 0 bridgehead atoms. The number of anilines is 2. The van der Waals surface area contributed by atoms with Crippen LogP contribution in [0.25, 0.3) is 0 Å². The van der Waals surface area contributed by atoms with Gasteiger partial charge in [-0.15, -0.1) is 0 Å². The van der Waals surface area contributed by atoms with E-state index >= 15 is 0 Å². The van der Waals surface area contributed by atoms with Gasteiger partial charge in [0.05, 0.1) is 0 Å². The molecule has 4 heteroatoms. The fourth-order valence-corrected chi connectivity index (χ4v) is 3.15. The van der Waals surface area contributed by atoms with Crippen LogP contribution >= 0.6 is 0 Å². The van der Waals surface area contributed by atoms with Crippen LogP contribution in [-0.4, -0.2) is 23.1 Å². The van der Waals surface area contributed by atoms with Crippen molar-refractivity contribution in [1.82, 2.24) is 9.97 Å². The molecule has 1 aromatic carbocycles. The predicted molar refractivity (Wildman–Crippen MR) is 95.9 cm³/mol. The van der Waals surface area contributed by atoms with Gasteiger partial charge in [-0.1, -0.05) is 31.2 Å². The van der Waals surface area contributed by atoms with E-state index in [0.29, 0.717) is 0 Å². The summed E-state index contributed by atoms with van der Waals surface area (Å²) in [5.74, 6) is 2.49. The summed E-state index contributed by atoms with van der Waals surface area (Å²) in [5.41, 5.74) is 3.62. The van der Waals surface area contributed by atoms with E-state index < -0.39 is 0 Å². The molecule has 1 aliphatic heterocycles. The fraction of sp³-hybridized carbons (Fsp3) is 0.474. The minimum Gasteiger partial charge on any atom is -0.366 e. The standard InChI is InChI=1S/C19H26N4/c1-14-7-6-10-23(13-14)19-21-16(3)11-18(22-19)20-12-17-9-5-4-8-15(17)2/h4-5,8-9,11,14H,6-7,10,12-13H2,1-3H3,(H,20,21,22). The number of benzene rings is 1. The molecule has 2 heterocycles. The Balaban J connectivity index is 1.74. The lowest BCUT2D eigenvalue weighted by molar-refractivity contribution is 0.442. The average molecular weight is 310 g/mol. The van der Waals surface area contributed by atoms with Gasteiger partial charge in [-0.05, 0) is 43.7 Å². The second-order valence-corrected chi connectivity index (χ2v) is 6.67. The largest absolute Gasteiger partial charge is 0.366 e. The number of aromatic nitrogens is 2. The van der Waals surface area contributed by atoms with Gasteiger partial charge in [0.25, 0.3) is 0 Å². The van der Waals surface area contributed by atoms with Crippen LogP contribution in [0, 0.1) is 19.8 Å². The lowest BCUT2D eigenvalue weighted by Crippen LogP contribution is -2.35. The van der Waals surface area contributed by atoms with Crippen molar-refractivity contribution in [2.24, 2.45) is 5.92 Å². The maximum absolute atomic E-state index is 4.74. The molecule has 0 aliphatic carbocycles. The summed E-state index contributed by atoms with van der Waals surface area (Å²) in [6.45, 7) is 9.39. The molecular weight excluding hydrogens is 284 g/mol. The molecular formula is C19H26N4. The zero-order valence-electron chi connectivity index (χ0n) is 14.3. The number of hydrogen-bond acceptors (Lipinski definition) is 4. The van der Waals surface area contributed by atoms with E-state index in [1.165, 1.54) is 24.0 Å². The van der Waals surface area contributed by atoms with Gasteiger partial charge in [0.15, 0.2) is 0 Å². The van der Waals surface area contributed by atoms with Gasteiger partial charge in [0.2, 0.25) is 5.95 Å². The van der Waals surface area contributed by atoms with Crippen LogP contribution in [0.4, 0.5) is 11.8 Å². The highest BCUT2D eigenvalue weighted by atomic mass is 15.3. The molecule has 23 heavy (non-hydrogen) atoms. The average Bonchev–Trinajstić information content (AvgIpc) is 2.54. The molecule has 122 valence electrons. The van der Waals surface area contributed by atoms with Crippen LogP contribution in [-0.2, 0) is 6.54 Å². The van der Waals surface area contributed by atoms with Crippen LogP contribution in [0.1, 0.15) is 36.6 Å². The van der Waals surface area contributed by atoms with Crippen molar-refractivity contribution in [1.29, 1.82) is 0 Å². The van der Waals surface area contributed by atoms with Gasteiger partial charge in [0.1, 0.15) is 5.82 Å².